The summed E-state index contributed by atoms with van der Waals surface area (Å²) in [6.07, 6.45) is 5.24. The first-order valence-electron chi connectivity index (χ1n) is 6.67. The van der Waals surface area contributed by atoms with Crippen LogP contribution in [0.2, 0.25) is 0 Å². The minimum Gasteiger partial charge on any atom is -0.296 e. The molecule has 0 atom stereocenters. The Hall–Kier alpha value is -1.72. The van der Waals surface area contributed by atoms with Crippen LogP contribution in [-0.4, -0.2) is 15.2 Å². The van der Waals surface area contributed by atoms with Gasteiger partial charge in [-0.3, -0.25) is 9.20 Å². The number of hydrogen-bond acceptors (Lipinski definition) is 2. The van der Waals surface area contributed by atoms with Crippen molar-refractivity contribution in [2.75, 3.05) is 0 Å². The van der Waals surface area contributed by atoms with Gasteiger partial charge in [0.2, 0.25) is 5.78 Å². The highest BCUT2D eigenvalue weighted by Gasteiger charge is 2.15. The van der Waals surface area contributed by atoms with E-state index in [9.17, 15) is 4.79 Å². The molecule has 22 heavy (non-hydrogen) atoms. The molecule has 2 aromatic heterocycles. The van der Waals surface area contributed by atoms with Crippen molar-refractivity contribution in [2.45, 2.75) is 6.92 Å². The first-order valence-corrected chi connectivity index (χ1v) is 8.26. The van der Waals surface area contributed by atoms with Crippen LogP contribution in [0.25, 0.3) is 11.7 Å². The zero-order chi connectivity index (χ0) is 15.7. The van der Waals surface area contributed by atoms with Crippen molar-refractivity contribution in [3.63, 3.8) is 0 Å². The number of benzene rings is 1. The summed E-state index contributed by atoms with van der Waals surface area (Å²) in [5, 5.41) is 0. The van der Waals surface area contributed by atoms with Crippen molar-refractivity contribution in [2.24, 2.45) is 0 Å². The lowest BCUT2D eigenvalue weighted by Gasteiger charge is -2.00. The number of rotatable bonds is 3. The number of fused-ring (bicyclic) bond motifs is 1. The van der Waals surface area contributed by atoms with Gasteiger partial charge in [-0.15, -0.1) is 0 Å². The topological polar surface area (TPSA) is 34.4 Å². The third-order valence-electron chi connectivity index (χ3n) is 3.31. The number of aromatic nitrogens is 2. The van der Waals surface area contributed by atoms with Crippen LogP contribution < -0.4 is 0 Å². The van der Waals surface area contributed by atoms with Crippen molar-refractivity contribution >= 4 is 49.4 Å². The molecule has 0 amide bonds. The number of imidazole rings is 1. The Labute approximate surface area is 144 Å². The fourth-order valence-electron chi connectivity index (χ4n) is 2.27. The van der Waals surface area contributed by atoms with E-state index in [0.29, 0.717) is 5.69 Å². The van der Waals surface area contributed by atoms with Crippen LogP contribution in [0.4, 0.5) is 0 Å². The number of hydrogen-bond donors (Lipinski definition) is 0. The van der Waals surface area contributed by atoms with Gasteiger partial charge in [-0.2, -0.15) is 0 Å². The van der Waals surface area contributed by atoms with Crippen LogP contribution >= 0.6 is 31.9 Å². The lowest BCUT2D eigenvalue weighted by Crippen LogP contribution is -2.02. The minimum absolute atomic E-state index is 0.0639. The van der Waals surface area contributed by atoms with E-state index in [1.807, 2.05) is 60.0 Å². The summed E-state index contributed by atoms with van der Waals surface area (Å²) in [4.78, 5) is 17.0. The van der Waals surface area contributed by atoms with Gasteiger partial charge in [0.25, 0.3) is 0 Å². The number of aryl methyl sites for hydroxylation is 1. The molecule has 0 bridgehead atoms. The summed E-state index contributed by atoms with van der Waals surface area (Å²) < 4.78 is 3.70. The van der Waals surface area contributed by atoms with Crippen molar-refractivity contribution in [3.05, 3.63) is 74.6 Å². The molecule has 0 aliphatic carbocycles. The van der Waals surface area contributed by atoms with Gasteiger partial charge >= 0.3 is 0 Å². The summed E-state index contributed by atoms with van der Waals surface area (Å²) >= 11 is 6.85. The predicted molar refractivity (Wildman–Crippen MR) is 95.1 cm³/mol. The second kappa shape index (κ2) is 6.18. The van der Waals surface area contributed by atoms with E-state index in [-0.39, 0.29) is 5.78 Å². The van der Waals surface area contributed by atoms with Gasteiger partial charge in [0, 0.05) is 10.7 Å². The number of pyridine rings is 1. The van der Waals surface area contributed by atoms with E-state index in [1.165, 1.54) is 0 Å². The highest BCUT2D eigenvalue weighted by molar-refractivity contribution is 9.10. The molecular formula is C17H12Br2N2O. The van der Waals surface area contributed by atoms with Gasteiger partial charge in [-0.25, -0.2) is 4.98 Å². The Morgan fingerprint density at radius 2 is 1.91 bits per heavy atom. The van der Waals surface area contributed by atoms with Crippen molar-refractivity contribution < 1.29 is 4.79 Å². The van der Waals surface area contributed by atoms with Gasteiger partial charge in [-0.1, -0.05) is 34.1 Å². The fraction of sp³-hybridized carbons (Fsp3) is 0.0588. The van der Waals surface area contributed by atoms with E-state index in [2.05, 4.69) is 36.8 Å². The van der Waals surface area contributed by atoms with Crippen LogP contribution in [0.15, 0.2) is 57.6 Å². The molecule has 0 N–H and O–H groups in total. The van der Waals surface area contributed by atoms with Crippen molar-refractivity contribution in [1.29, 1.82) is 0 Å². The average molecular weight is 420 g/mol. The van der Waals surface area contributed by atoms with Gasteiger partial charge in [0.1, 0.15) is 5.69 Å². The monoisotopic (exact) mass is 418 g/mol. The molecule has 3 nitrogen and oxygen atoms in total. The zero-order valence-electron chi connectivity index (χ0n) is 11.8. The Balaban J connectivity index is 1.97. The molecule has 0 saturated carbocycles. The predicted octanol–water partition coefficient (Wildman–Crippen LogP) is 5.06. The Morgan fingerprint density at radius 1 is 1.18 bits per heavy atom. The lowest BCUT2D eigenvalue weighted by atomic mass is 10.1. The van der Waals surface area contributed by atoms with Crippen LogP contribution in [0, 0.1) is 6.92 Å². The minimum atomic E-state index is -0.0639. The molecule has 3 aromatic rings. The number of carbonyl (C=O) groups is 1. The number of carbonyl (C=O) groups excluding carboxylic acids is 1. The number of nitrogens with zero attached hydrogens (tertiary/aromatic N) is 2. The molecule has 1 aromatic carbocycles. The molecule has 0 spiro atoms. The lowest BCUT2D eigenvalue weighted by molar-refractivity contribution is 0.104. The summed E-state index contributed by atoms with van der Waals surface area (Å²) in [5.41, 5.74) is 3.03. The van der Waals surface area contributed by atoms with Crippen molar-refractivity contribution in [3.8, 4) is 0 Å². The normalized spacial score (nSPS) is 11.4. The molecule has 0 aliphatic heterocycles. The van der Waals surface area contributed by atoms with E-state index >= 15 is 0 Å². The quantitative estimate of drug-likeness (QED) is 0.439. The maximum atomic E-state index is 12.5. The van der Waals surface area contributed by atoms with Crippen LogP contribution in [-0.2, 0) is 0 Å². The summed E-state index contributed by atoms with van der Waals surface area (Å²) in [5.74, 6) is -0.0639. The second-order valence-electron chi connectivity index (χ2n) is 4.84. The molecule has 5 heteroatoms. The smallest absolute Gasteiger partial charge is 0.204 e. The Kier molecular flexibility index (Phi) is 4.27. The SMILES string of the molecule is Cc1nc2c(Br)cccn2c1C(=O)/C=C/c1ccc(Br)cc1. The maximum Gasteiger partial charge on any atom is 0.204 e. The molecule has 0 saturated heterocycles. The van der Waals surface area contributed by atoms with Crippen LogP contribution in [0.1, 0.15) is 21.7 Å². The molecular weight excluding hydrogens is 408 g/mol. The molecule has 0 radical (unpaired) electrons. The summed E-state index contributed by atoms with van der Waals surface area (Å²) in [7, 11) is 0. The first kappa shape index (κ1) is 15.2. The van der Waals surface area contributed by atoms with Gasteiger partial charge in [0.15, 0.2) is 5.65 Å². The third kappa shape index (κ3) is 2.91. The number of allylic oxidation sites excluding steroid dienone is 1. The largest absolute Gasteiger partial charge is 0.296 e. The third-order valence-corrected chi connectivity index (χ3v) is 4.45. The zero-order valence-corrected chi connectivity index (χ0v) is 14.9. The molecule has 110 valence electrons. The number of ketones is 1. The summed E-state index contributed by atoms with van der Waals surface area (Å²) in [6, 6.07) is 11.6. The fourth-order valence-corrected chi connectivity index (χ4v) is 2.97. The van der Waals surface area contributed by atoms with E-state index in [4.69, 9.17) is 0 Å². The summed E-state index contributed by atoms with van der Waals surface area (Å²) in [6.45, 7) is 1.85. The first-order chi connectivity index (χ1) is 10.6. The Morgan fingerprint density at radius 3 is 2.64 bits per heavy atom. The van der Waals surface area contributed by atoms with E-state index < -0.39 is 0 Å². The molecule has 0 aliphatic rings. The maximum absolute atomic E-state index is 12.5. The average Bonchev–Trinajstić information content (AvgIpc) is 2.84. The van der Waals surface area contributed by atoms with Gasteiger partial charge in [-0.05, 0) is 58.8 Å². The van der Waals surface area contributed by atoms with Gasteiger partial charge in [0.05, 0.1) is 10.2 Å². The highest BCUT2D eigenvalue weighted by Crippen LogP contribution is 2.21. The highest BCUT2D eigenvalue weighted by atomic mass is 79.9. The molecule has 3 rings (SSSR count). The van der Waals surface area contributed by atoms with Crippen LogP contribution in [0.5, 0.6) is 0 Å². The molecule has 0 unspecified atom stereocenters. The molecule has 2 heterocycles. The Bertz CT molecular complexity index is 880. The standard InChI is InChI=1S/C17H12Br2N2O/c1-11-16(21-10-2-3-14(19)17(21)20-11)15(22)9-6-12-4-7-13(18)8-5-12/h2-10H,1H3/b9-6+. The van der Waals surface area contributed by atoms with Gasteiger partial charge < -0.3 is 0 Å². The van der Waals surface area contributed by atoms with E-state index in [1.54, 1.807) is 6.08 Å². The van der Waals surface area contributed by atoms with Crippen LogP contribution in [0.3, 0.4) is 0 Å². The van der Waals surface area contributed by atoms with E-state index in [0.717, 1.165) is 25.8 Å². The molecule has 0 fully saturated rings. The number of halogens is 2. The second-order valence-corrected chi connectivity index (χ2v) is 6.61. The van der Waals surface area contributed by atoms with Crippen molar-refractivity contribution in [1.82, 2.24) is 9.38 Å².